The highest BCUT2D eigenvalue weighted by Gasteiger charge is 2.12. The van der Waals surface area contributed by atoms with Crippen molar-refractivity contribution in [2.24, 2.45) is 0 Å². The molecule has 6 heteroatoms. The number of hydrogen-bond donors (Lipinski definition) is 2. The van der Waals surface area contributed by atoms with E-state index in [2.05, 4.69) is 10.6 Å². The van der Waals surface area contributed by atoms with Gasteiger partial charge in [0, 0.05) is 6.54 Å². The molecule has 16 heavy (non-hydrogen) atoms. The maximum atomic E-state index is 11.3. The lowest BCUT2D eigenvalue weighted by Gasteiger charge is -2.07. The van der Waals surface area contributed by atoms with Crippen LogP contribution in [0.2, 0.25) is 0 Å². The second-order valence-corrected chi connectivity index (χ2v) is 4.77. The normalized spacial score (nSPS) is 11.9. The van der Waals surface area contributed by atoms with E-state index in [0.29, 0.717) is 6.54 Å². The summed E-state index contributed by atoms with van der Waals surface area (Å²) >= 11 is 7.08. The van der Waals surface area contributed by atoms with Gasteiger partial charge in [0.25, 0.3) is 0 Å². The van der Waals surface area contributed by atoms with Crippen molar-refractivity contribution in [2.75, 3.05) is 0 Å². The standard InChI is InChI=1S/C10H13ClN2O2S/c1-6-4-16-5-8(6)3-12-10(15)13-9(14)7(2)11/h4-5,7H,3H2,1-2H3,(H2,12,13,14,15). The van der Waals surface area contributed by atoms with Crippen molar-refractivity contribution in [3.05, 3.63) is 21.9 Å². The minimum absolute atomic E-state index is 0.408. The number of urea groups is 1. The number of carbonyl (C=O) groups is 2. The molecule has 1 unspecified atom stereocenters. The first-order valence-corrected chi connectivity index (χ1v) is 6.13. The average molecular weight is 261 g/mol. The molecule has 0 saturated carbocycles. The Labute approximate surface area is 103 Å². The van der Waals surface area contributed by atoms with E-state index in [4.69, 9.17) is 11.6 Å². The molecule has 0 spiro atoms. The highest BCUT2D eigenvalue weighted by Crippen LogP contribution is 2.12. The van der Waals surface area contributed by atoms with E-state index in [9.17, 15) is 9.59 Å². The maximum absolute atomic E-state index is 11.3. The lowest BCUT2D eigenvalue weighted by Crippen LogP contribution is -2.41. The lowest BCUT2D eigenvalue weighted by atomic mass is 10.2. The topological polar surface area (TPSA) is 58.2 Å². The molecule has 0 aromatic carbocycles. The fourth-order valence-corrected chi connectivity index (χ4v) is 1.91. The number of carbonyl (C=O) groups excluding carboxylic acids is 2. The van der Waals surface area contributed by atoms with Crippen LogP contribution >= 0.6 is 22.9 Å². The molecule has 1 aromatic heterocycles. The smallest absolute Gasteiger partial charge is 0.321 e. The molecular formula is C10H13ClN2O2S. The molecule has 0 bridgehead atoms. The van der Waals surface area contributed by atoms with Gasteiger partial charge in [-0.15, -0.1) is 11.6 Å². The van der Waals surface area contributed by atoms with Crippen LogP contribution < -0.4 is 10.6 Å². The first kappa shape index (κ1) is 13.0. The minimum atomic E-state index is -0.714. The van der Waals surface area contributed by atoms with Crippen LogP contribution in [0.3, 0.4) is 0 Å². The largest absolute Gasteiger partial charge is 0.334 e. The molecule has 1 rings (SSSR count). The van der Waals surface area contributed by atoms with Crippen molar-refractivity contribution in [3.63, 3.8) is 0 Å². The van der Waals surface area contributed by atoms with Crippen LogP contribution in [0, 0.1) is 6.92 Å². The van der Waals surface area contributed by atoms with Gasteiger partial charge in [0.2, 0.25) is 5.91 Å². The molecular weight excluding hydrogens is 248 g/mol. The van der Waals surface area contributed by atoms with Crippen LogP contribution in [0.15, 0.2) is 10.8 Å². The van der Waals surface area contributed by atoms with E-state index in [1.165, 1.54) is 6.92 Å². The number of alkyl halides is 1. The van der Waals surface area contributed by atoms with E-state index in [1.807, 2.05) is 17.7 Å². The predicted molar refractivity (Wildman–Crippen MR) is 64.7 cm³/mol. The van der Waals surface area contributed by atoms with E-state index in [0.717, 1.165) is 11.1 Å². The summed E-state index contributed by atoms with van der Waals surface area (Å²) in [6.07, 6.45) is 0. The number of halogens is 1. The molecule has 0 aliphatic carbocycles. The van der Waals surface area contributed by atoms with E-state index in [-0.39, 0.29) is 0 Å². The fourth-order valence-electron chi connectivity index (χ4n) is 0.999. The van der Waals surface area contributed by atoms with Crippen molar-refractivity contribution in [1.82, 2.24) is 10.6 Å². The van der Waals surface area contributed by atoms with Gasteiger partial charge in [-0.3, -0.25) is 10.1 Å². The SMILES string of the molecule is Cc1cscc1CNC(=O)NC(=O)C(C)Cl. The third-order valence-corrected chi connectivity index (χ3v) is 3.11. The monoisotopic (exact) mass is 260 g/mol. The van der Waals surface area contributed by atoms with Crippen molar-refractivity contribution in [2.45, 2.75) is 25.8 Å². The molecule has 2 N–H and O–H groups in total. The molecule has 1 atom stereocenters. The van der Waals surface area contributed by atoms with Gasteiger partial charge >= 0.3 is 6.03 Å². The molecule has 88 valence electrons. The van der Waals surface area contributed by atoms with Gasteiger partial charge in [0.1, 0.15) is 5.38 Å². The highest BCUT2D eigenvalue weighted by molar-refractivity contribution is 7.08. The molecule has 3 amide bonds. The third-order valence-electron chi connectivity index (χ3n) is 2.00. The second kappa shape index (κ2) is 5.86. The van der Waals surface area contributed by atoms with Crippen LogP contribution in [0.4, 0.5) is 4.79 Å². The summed E-state index contributed by atoms with van der Waals surface area (Å²) in [6.45, 7) is 3.88. The van der Waals surface area contributed by atoms with Crippen LogP contribution in [-0.2, 0) is 11.3 Å². The van der Waals surface area contributed by atoms with Gasteiger partial charge in [-0.25, -0.2) is 4.79 Å². The Hall–Kier alpha value is -1.07. The molecule has 0 saturated heterocycles. The highest BCUT2D eigenvalue weighted by atomic mass is 35.5. The molecule has 0 fully saturated rings. The maximum Gasteiger partial charge on any atom is 0.321 e. The van der Waals surface area contributed by atoms with Gasteiger partial charge in [-0.1, -0.05) is 0 Å². The fraction of sp³-hybridized carbons (Fsp3) is 0.400. The van der Waals surface area contributed by atoms with Crippen LogP contribution in [0.5, 0.6) is 0 Å². The van der Waals surface area contributed by atoms with Gasteiger partial charge in [-0.2, -0.15) is 11.3 Å². The molecule has 0 radical (unpaired) electrons. The van der Waals surface area contributed by atoms with Gasteiger partial charge in [0.15, 0.2) is 0 Å². The Bertz CT molecular complexity index is 390. The summed E-state index contributed by atoms with van der Waals surface area (Å²) in [5, 5.41) is 7.98. The molecule has 1 aromatic rings. The summed E-state index contributed by atoms with van der Waals surface area (Å²) in [6, 6.07) is -0.525. The van der Waals surface area contributed by atoms with E-state index in [1.54, 1.807) is 11.3 Å². The molecule has 4 nitrogen and oxygen atoms in total. The second-order valence-electron chi connectivity index (χ2n) is 3.37. The van der Waals surface area contributed by atoms with Gasteiger partial charge in [0.05, 0.1) is 0 Å². The van der Waals surface area contributed by atoms with E-state index < -0.39 is 17.3 Å². The summed E-state index contributed by atoms with van der Waals surface area (Å²) in [5.74, 6) is -0.499. The molecule has 1 heterocycles. The van der Waals surface area contributed by atoms with Crippen molar-refractivity contribution >= 4 is 34.9 Å². The quantitative estimate of drug-likeness (QED) is 0.817. The van der Waals surface area contributed by atoms with Gasteiger partial charge in [-0.05, 0) is 35.7 Å². The summed E-state index contributed by atoms with van der Waals surface area (Å²) in [4.78, 5) is 22.3. The Morgan fingerprint density at radius 2 is 2.19 bits per heavy atom. The Morgan fingerprint density at radius 1 is 1.50 bits per heavy atom. The predicted octanol–water partition coefficient (Wildman–Crippen LogP) is 2.01. The van der Waals surface area contributed by atoms with E-state index >= 15 is 0 Å². The Kier molecular flexibility index (Phi) is 4.76. The average Bonchev–Trinajstić information content (AvgIpc) is 2.61. The number of aryl methyl sites for hydroxylation is 1. The zero-order valence-corrected chi connectivity index (χ0v) is 10.6. The van der Waals surface area contributed by atoms with Crippen molar-refractivity contribution in [3.8, 4) is 0 Å². The molecule has 0 aliphatic rings. The number of nitrogens with one attached hydrogen (secondary N) is 2. The first-order valence-electron chi connectivity index (χ1n) is 4.75. The summed E-state index contributed by atoms with van der Waals surface area (Å²) in [7, 11) is 0. The number of amides is 3. The lowest BCUT2D eigenvalue weighted by molar-refractivity contribution is -0.119. The number of imide groups is 1. The first-order chi connectivity index (χ1) is 7.50. The Balaban J connectivity index is 2.36. The Morgan fingerprint density at radius 3 is 2.69 bits per heavy atom. The summed E-state index contributed by atoms with van der Waals surface area (Å²) < 4.78 is 0. The van der Waals surface area contributed by atoms with Gasteiger partial charge < -0.3 is 5.32 Å². The number of rotatable bonds is 3. The number of hydrogen-bond acceptors (Lipinski definition) is 3. The summed E-state index contributed by atoms with van der Waals surface area (Å²) in [5.41, 5.74) is 2.17. The van der Waals surface area contributed by atoms with Crippen LogP contribution in [0.25, 0.3) is 0 Å². The molecule has 0 aliphatic heterocycles. The zero-order chi connectivity index (χ0) is 12.1. The van der Waals surface area contributed by atoms with Crippen LogP contribution in [0.1, 0.15) is 18.1 Å². The van der Waals surface area contributed by atoms with Crippen molar-refractivity contribution in [1.29, 1.82) is 0 Å². The van der Waals surface area contributed by atoms with Crippen molar-refractivity contribution < 1.29 is 9.59 Å². The number of thiophene rings is 1. The zero-order valence-electron chi connectivity index (χ0n) is 9.04. The third kappa shape index (κ3) is 3.83. The minimum Gasteiger partial charge on any atom is -0.334 e. The van der Waals surface area contributed by atoms with Crippen LogP contribution in [-0.4, -0.2) is 17.3 Å².